The smallest absolute Gasteiger partial charge is 0.194 e. The molecule has 0 saturated carbocycles. The molecule has 2 fully saturated rings. The highest BCUT2D eigenvalue weighted by atomic mass is 35.5. The van der Waals surface area contributed by atoms with Gasteiger partial charge in [-0.1, -0.05) is 23.7 Å². The van der Waals surface area contributed by atoms with Crippen molar-refractivity contribution < 1.29 is 8.42 Å². The Morgan fingerprint density at radius 3 is 2.62 bits per heavy atom. The number of anilines is 1. The third-order valence-electron chi connectivity index (χ3n) is 4.93. The van der Waals surface area contributed by atoms with E-state index in [0.717, 1.165) is 55.8 Å². The second-order valence-electron chi connectivity index (χ2n) is 6.89. The Labute approximate surface area is 161 Å². The number of sulfone groups is 1. The van der Waals surface area contributed by atoms with Crippen LogP contribution in [0.1, 0.15) is 13.3 Å². The average molecular weight is 399 g/mol. The maximum Gasteiger partial charge on any atom is 0.194 e. The van der Waals surface area contributed by atoms with Crippen molar-refractivity contribution in [3.8, 4) is 0 Å². The third kappa shape index (κ3) is 4.82. The first-order valence-electron chi connectivity index (χ1n) is 9.21. The predicted octanol–water partition coefficient (Wildman–Crippen LogP) is 1.86. The lowest BCUT2D eigenvalue weighted by atomic mass is 10.1. The molecule has 0 bridgehead atoms. The van der Waals surface area contributed by atoms with Gasteiger partial charge in [-0.25, -0.2) is 8.42 Å². The van der Waals surface area contributed by atoms with E-state index in [-0.39, 0.29) is 11.7 Å². The Balaban J connectivity index is 1.59. The first-order chi connectivity index (χ1) is 12.5. The van der Waals surface area contributed by atoms with E-state index in [1.54, 1.807) is 0 Å². The second-order valence-corrected chi connectivity index (χ2v) is 9.53. The average Bonchev–Trinajstić information content (AvgIpc) is 2.98. The molecule has 1 unspecified atom stereocenters. The molecule has 144 valence electrons. The lowest BCUT2D eigenvalue weighted by Gasteiger charge is -2.38. The van der Waals surface area contributed by atoms with Gasteiger partial charge in [-0.2, -0.15) is 0 Å². The molecule has 26 heavy (non-hydrogen) atoms. The third-order valence-corrected chi connectivity index (χ3v) is 7.09. The SMILES string of the molecule is CCNC(=NCC1CCS(=O)(=O)C1)N1CCN(c2ccccc2Cl)CC1. The Kier molecular flexibility index (Phi) is 6.29. The van der Waals surface area contributed by atoms with Crippen molar-refractivity contribution in [3.63, 3.8) is 0 Å². The van der Waals surface area contributed by atoms with Gasteiger partial charge in [0.25, 0.3) is 0 Å². The van der Waals surface area contributed by atoms with Crippen molar-refractivity contribution in [1.82, 2.24) is 10.2 Å². The molecule has 1 N–H and O–H groups in total. The lowest BCUT2D eigenvalue weighted by molar-refractivity contribution is 0.371. The van der Waals surface area contributed by atoms with Gasteiger partial charge >= 0.3 is 0 Å². The Morgan fingerprint density at radius 2 is 2.00 bits per heavy atom. The summed E-state index contributed by atoms with van der Waals surface area (Å²) in [6, 6.07) is 7.93. The number of aliphatic imine (C=N–C) groups is 1. The molecule has 1 aromatic rings. The monoisotopic (exact) mass is 398 g/mol. The molecule has 1 aromatic carbocycles. The van der Waals surface area contributed by atoms with E-state index in [9.17, 15) is 8.42 Å². The molecule has 0 radical (unpaired) electrons. The van der Waals surface area contributed by atoms with E-state index < -0.39 is 9.84 Å². The highest BCUT2D eigenvalue weighted by Gasteiger charge is 2.28. The molecule has 3 rings (SSSR count). The quantitative estimate of drug-likeness (QED) is 0.619. The van der Waals surface area contributed by atoms with Crippen LogP contribution in [0, 0.1) is 5.92 Å². The Bertz CT molecular complexity index is 745. The molecule has 6 nitrogen and oxygen atoms in total. The fourth-order valence-corrected chi connectivity index (χ4v) is 5.63. The van der Waals surface area contributed by atoms with Crippen LogP contribution >= 0.6 is 11.6 Å². The molecule has 1 atom stereocenters. The van der Waals surface area contributed by atoms with Gasteiger partial charge in [-0.15, -0.1) is 0 Å². The number of piperazine rings is 1. The zero-order valence-corrected chi connectivity index (χ0v) is 16.8. The summed E-state index contributed by atoms with van der Waals surface area (Å²) in [6.45, 7) is 6.91. The van der Waals surface area contributed by atoms with E-state index in [1.807, 2.05) is 18.2 Å². The number of hydrogen-bond acceptors (Lipinski definition) is 4. The van der Waals surface area contributed by atoms with Crippen molar-refractivity contribution in [3.05, 3.63) is 29.3 Å². The maximum absolute atomic E-state index is 11.6. The summed E-state index contributed by atoms with van der Waals surface area (Å²) in [5, 5.41) is 4.13. The first kappa shape index (κ1) is 19.3. The molecular formula is C18H27ClN4O2S. The Morgan fingerprint density at radius 1 is 1.27 bits per heavy atom. The fourth-order valence-electron chi connectivity index (χ4n) is 3.52. The van der Waals surface area contributed by atoms with E-state index in [1.165, 1.54) is 0 Å². The van der Waals surface area contributed by atoms with Crippen LogP contribution in [0.5, 0.6) is 0 Å². The number of hydrogen-bond donors (Lipinski definition) is 1. The van der Waals surface area contributed by atoms with Gasteiger partial charge in [0.15, 0.2) is 15.8 Å². The molecule has 2 aliphatic heterocycles. The molecule has 2 heterocycles. The minimum atomic E-state index is -2.84. The van der Waals surface area contributed by atoms with Gasteiger partial charge in [-0.05, 0) is 31.4 Å². The zero-order valence-electron chi connectivity index (χ0n) is 15.2. The summed E-state index contributed by atoms with van der Waals surface area (Å²) < 4.78 is 23.2. The summed E-state index contributed by atoms with van der Waals surface area (Å²) in [7, 11) is -2.84. The zero-order chi connectivity index (χ0) is 18.6. The van der Waals surface area contributed by atoms with Crippen LogP contribution in [-0.4, -0.2) is 70.1 Å². The molecule has 0 aliphatic carbocycles. The van der Waals surface area contributed by atoms with Gasteiger partial charge in [-0.3, -0.25) is 4.99 Å². The van der Waals surface area contributed by atoms with Crippen molar-refractivity contribution in [2.45, 2.75) is 13.3 Å². The van der Waals surface area contributed by atoms with Gasteiger partial charge in [0.05, 0.1) is 22.2 Å². The molecule has 0 aromatic heterocycles. The van der Waals surface area contributed by atoms with E-state index in [0.29, 0.717) is 12.3 Å². The van der Waals surface area contributed by atoms with Crippen molar-refractivity contribution in [1.29, 1.82) is 0 Å². The summed E-state index contributed by atoms with van der Waals surface area (Å²) in [6.07, 6.45) is 0.728. The maximum atomic E-state index is 11.6. The number of nitrogens with one attached hydrogen (secondary N) is 1. The van der Waals surface area contributed by atoms with Crippen LogP contribution in [0.4, 0.5) is 5.69 Å². The van der Waals surface area contributed by atoms with E-state index in [4.69, 9.17) is 16.6 Å². The number of guanidine groups is 1. The number of rotatable bonds is 4. The van der Waals surface area contributed by atoms with Crippen molar-refractivity contribution in [2.75, 3.05) is 55.7 Å². The van der Waals surface area contributed by atoms with E-state index in [2.05, 4.69) is 28.1 Å². The van der Waals surface area contributed by atoms with Crippen LogP contribution in [0.3, 0.4) is 0 Å². The van der Waals surface area contributed by atoms with Crippen molar-refractivity contribution >= 4 is 33.1 Å². The highest BCUT2D eigenvalue weighted by molar-refractivity contribution is 7.91. The topological polar surface area (TPSA) is 65.0 Å². The minimum absolute atomic E-state index is 0.151. The van der Waals surface area contributed by atoms with Crippen LogP contribution < -0.4 is 10.2 Å². The van der Waals surface area contributed by atoms with Crippen molar-refractivity contribution in [2.24, 2.45) is 10.9 Å². The number of benzene rings is 1. The summed E-state index contributed by atoms with van der Waals surface area (Å²) in [5.41, 5.74) is 1.08. The summed E-state index contributed by atoms with van der Waals surface area (Å²) in [5.74, 6) is 1.62. The molecule has 0 amide bonds. The minimum Gasteiger partial charge on any atom is -0.367 e. The molecule has 8 heteroatoms. The number of para-hydroxylation sites is 1. The summed E-state index contributed by atoms with van der Waals surface area (Å²) in [4.78, 5) is 9.27. The largest absolute Gasteiger partial charge is 0.367 e. The predicted molar refractivity (Wildman–Crippen MR) is 108 cm³/mol. The van der Waals surface area contributed by atoms with Crippen LogP contribution in [-0.2, 0) is 9.84 Å². The standard InChI is InChI=1S/C18H27ClN4O2S/c1-2-20-18(21-13-15-7-12-26(24,25)14-15)23-10-8-22(9-11-23)17-6-4-3-5-16(17)19/h3-6,15H,2,7-14H2,1H3,(H,20,21). The normalized spacial score (nSPS) is 23.3. The van der Waals surface area contributed by atoms with Crippen LogP contribution in [0.15, 0.2) is 29.3 Å². The number of halogens is 1. The highest BCUT2D eigenvalue weighted by Crippen LogP contribution is 2.26. The fraction of sp³-hybridized carbons (Fsp3) is 0.611. The van der Waals surface area contributed by atoms with Gasteiger partial charge < -0.3 is 15.1 Å². The van der Waals surface area contributed by atoms with E-state index >= 15 is 0 Å². The van der Waals surface area contributed by atoms with Crippen LogP contribution in [0.25, 0.3) is 0 Å². The molecular weight excluding hydrogens is 372 g/mol. The second kappa shape index (κ2) is 8.48. The molecule has 2 aliphatic rings. The lowest BCUT2D eigenvalue weighted by Crippen LogP contribution is -2.52. The van der Waals surface area contributed by atoms with Gasteiger partial charge in [0.1, 0.15) is 0 Å². The number of nitrogens with zero attached hydrogens (tertiary/aromatic N) is 3. The van der Waals surface area contributed by atoms with Gasteiger partial charge in [0, 0.05) is 39.3 Å². The first-order valence-corrected chi connectivity index (χ1v) is 11.4. The molecule has 2 saturated heterocycles. The van der Waals surface area contributed by atoms with Crippen LogP contribution in [0.2, 0.25) is 5.02 Å². The Hall–Kier alpha value is -1.47. The van der Waals surface area contributed by atoms with Gasteiger partial charge in [0.2, 0.25) is 0 Å². The summed E-state index contributed by atoms with van der Waals surface area (Å²) >= 11 is 6.31. The molecule has 0 spiro atoms.